The smallest absolute Gasteiger partial charge is 0.243 e. The number of carbonyl (C=O) groups is 2. The Kier molecular flexibility index (Phi) is 6.53. The molecule has 27 heavy (non-hydrogen) atoms. The maximum Gasteiger partial charge on any atom is 0.243 e. The van der Waals surface area contributed by atoms with E-state index >= 15 is 0 Å². The van der Waals surface area contributed by atoms with Crippen LogP contribution in [0.3, 0.4) is 0 Å². The van der Waals surface area contributed by atoms with E-state index in [1.54, 1.807) is 4.90 Å². The van der Waals surface area contributed by atoms with Gasteiger partial charge in [0.05, 0.1) is 12.1 Å². The zero-order chi connectivity index (χ0) is 19.4. The third kappa shape index (κ3) is 4.70. The van der Waals surface area contributed by atoms with Crippen LogP contribution in [0.2, 0.25) is 0 Å². The second kappa shape index (κ2) is 8.87. The summed E-state index contributed by atoms with van der Waals surface area (Å²) in [4.78, 5) is 26.9. The van der Waals surface area contributed by atoms with Gasteiger partial charge in [0.2, 0.25) is 11.8 Å². The van der Waals surface area contributed by atoms with Crippen molar-refractivity contribution in [2.45, 2.75) is 77.5 Å². The molecule has 0 unspecified atom stereocenters. The second-order valence-electron chi connectivity index (χ2n) is 8.23. The zero-order valence-electron chi connectivity index (χ0n) is 16.7. The number of carbonyl (C=O) groups excluding carboxylic acids is 2. The number of nitrogens with zero attached hydrogens (tertiary/aromatic N) is 1. The van der Waals surface area contributed by atoms with Gasteiger partial charge in [-0.3, -0.25) is 14.5 Å². The number of rotatable bonds is 6. The highest BCUT2D eigenvalue weighted by molar-refractivity contribution is 6.02. The van der Waals surface area contributed by atoms with Gasteiger partial charge in [-0.2, -0.15) is 0 Å². The van der Waals surface area contributed by atoms with Crippen molar-refractivity contribution in [2.24, 2.45) is 5.92 Å². The van der Waals surface area contributed by atoms with E-state index in [9.17, 15) is 9.59 Å². The van der Waals surface area contributed by atoms with E-state index in [1.807, 2.05) is 24.3 Å². The minimum atomic E-state index is -0.460. The molecule has 2 aliphatic rings. The SMILES string of the molecule is CC(=O)N1c2ccccc2C[C@H]1C(=O)N[C@@H]1CCCC[C@@H]1OCCC(C)C. The number of benzene rings is 1. The molecule has 1 aromatic carbocycles. The van der Waals surface area contributed by atoms with Gasteiger partial charge in [0, 0.05) is 25.6 Å². The molecule has 148 valence electrons. The molecule has 5 heteroatoms. The van der Waals surface area contributed by atoms with Gasteiger partial charge in [0.25, 0.3) is 0 Å². The molecule has 0 bridgehead atoms. The summed E-state index contributed by atoms with van der Waals surface area (Å²) >= 11 is 0. The van der Waals surface area contributed by atoms with Crippen molar-refractivity contribution in [2.75, 3.05) is 11.5 Å². The van der Waals surface area contributed by atoms with E-state index in [0.717, 1.165) is 50.0 Å². The average molecular weight is 373 g/mol. The van der Waals surface area contributed by atoms with Crippen LogP contribution in [0.15, 0.2) is 24.3 Å². The predicted octanol–water partition coefficient (Wildman–Crippen LogP) is 3.45. The summed E-state index contributed by atoms with van der Waals surface area (Å²) in [6.07, 6.45) is 5.88. The number of amides is 2. The molecule has 1 N–H and O–H groups in total. The zero-order valence-corrected chi connectivity index (χ0v) is 16.7. The maximum absolute atomic E-state index is 13.1. The molecule has 1 saturated carbocycles. The Labute approximate surface area is 162 Å². The minimum absolute atomic E-state index is 0.0379. The van der Waals surface area contributed by atoms with Crippen molar-refractivity contribution in [1.82, 2.24) is 5.32 Å². The average Bonchev–Trinajstić information content (AvgIpc) is 3.03. The van der Waals surface area contributed by atoms with Crippen LogP contribution in [0.5, 0.6) is 0 Å². The van der Waals surface area contributed by atoms with E-state index in [2.05, 4.69) is 19.2 Å². The van der Waals surface area contributed by atoms with Crippen molar-refractivity contribution in [1.29, 1.82) is 0 Å². The lowest BCUT2D eigenvalue weighted by molar-refractivity contribution is -0.127. The Bertz CT molecular complexity index is 673. The standard InChI is InChI=1S/C22H32N2O3/c1-15(2)12-13-27-21-11-7-5-9-18(21)23-22(26)20-14-17-8-4-6-10-19(17)24(20)16(3)25/h4,6,8,10,15,18,20-21H,5,7,9,11-14H2,1-3H3,(H,23,26)/t18-,20+,21+/m1/s1. The van der Waals surface area contributed by atoms with E-state index in [-0.39, 0.29) is 24.0 Å². The number of nitrogens with one attached hydrogen (secondary N) is 1. The molecule has 1 aliphatic carbocycles. The first kappa shape index (κ1) is 19.9. The third-order valence-corrected chi connectivity index (χ3v) is 5.68. The maximum atomic E-state index is 13.1. The normalized spacial score (nSPS) is 24.7. The fourth-order valence-corrected chi connectivity index (χ4v) is 4.18. The van der Waals surface area contributed by atoms with Gasteiger partial charge in [0.1, 0.15) is 6.04 Å². The summed E-state index contributed by atoms with van der Waals surface area (Å²) in [5.74, 6) is 0.460. The van der Waals surface area contributed by atoms with Crippen molar-refractivity contribution in [3.63, 3.8) is 0 Å². The molecule has 1 aliphatic heterocycles. The molecular weight excluding hydrogens is 340 g/mol. The Hall–Kier alpha value is -1.88. The number of para-hydroxylation sites is 1. The third-order valence-electron chi connectivity index (χ3n) is 5.68. The van der Waals surface area contributed by atoms with Crippen molar-refractivity contribution in [3.8, 4) is 0 Å². The molecule has 0 spiro atoms. The van der Waals surface area contributed by atoms with Crippen molar-refractivity contribution < 1.29 is 14.3 Å². The largest absolute Gasteiger partial charge is 0.376 e. The van der Waals surface area contributed by atoms with Crippen LogP contribution in [0.1, 0.15) is 58.4 Å². The first-order valence-electron chi connectivity index (χ1n) is 10.3. The van der Waals surface area contributed by atoms with Gasteiger partial charge in [-0.15, -0.1) is 0 Å². The highest BCUT2D eigenvalue weighted by Gasteiger charge is 2.38. The molecule has 0 radical (unpaired) electrons. The van der Waals surface area contributed by atoms with E-state index < -0.39 is 6.04 Å². The molecule has 5 nitrogen and oxygen atoms in total. The minimum Gasteiger partial charge on any atom is -0.376 e. The topological polar surface area (TPSA) is 58.6 Å². The first-order valence-corrected chi connectivity index (χ1v) is 10.3. The fraction of sp³-hybridized carbons (Fsp3) is 0.636. The summed E-state index contributed by atoms with van der Waals surface area (Å²) < 4.78 is 6.11. The lowest BCUT2D eigenvalue weighted by Gasteiger charge is -2.34. The van der Waals surface area contributed by atoms with Gasteiger partial charge in [-0.1, -0.05) is 44.9 Å². The summed E-state index contributed by atoms with van der Waals surface area (Å²) in [6.45, 7) is 6.65. The lowest BCUT2D eigenvalue weighted by atomic mass is 9.92. The Morgan fingerprint density at radius 3 is 2.70 bits per heavy atom. The van der Waals surface area contributed by atoms with Crippen LogP contribution in [0.4, 0.5) is 5.69 Å². The number of hydrogen-bond acceptors (Lipinski definition) is 3. The van der Waals surface area contributed by atoms with Gasteiger partial charge in [-0.05, 0) is 36.8 Å². The highest BCUT2D eigenvalue weighted by atomic mass is 16.5. The summed E-state index contributed by atoms with van der Waals surface area (Å²) in [7, 11) is 0. The molecule has 0 saturated heterocycles. The van der Waals surface area contributed by atoms with Crippen LogP contribution >= 0.6 is 0 Å². The summed E-state index contributed by atoms with van der Waals surface area (Å²) in [6, 6.07) is 7.36. The number of ether oxygens (including phenoxy) is 1. The number of hydrogen-bond donors (Lipinski definition) is 1. The summed E-state index contributed by atoms with van der Waals surface area (Å²) in [5, 5.41) is 3.21. The van der Waals surface area contributed by atoms with E-state index in [1.165, 1.54) is 6.92 Å². The fourth-order valence-electron chi connectivity index (χ4n) is 4.18. The van der Waals surface area contributed by atoms with Crippen LogP contribution in [-0.2, 0) is 20.7 Å². The first-order chi connectivity index (χ1) is 13.0. The van der Waals surface area contributed by atoms with Crippen LogP contribution < -0.4 is 10.2 Å². The van der Waals surface area contributed by atoms with Crippen LogP contribution in [-0.4, -0.2) is 36.6 Å². The number of fused-ring (bicyclic) bond motifs is 1. The molecule has 1 heterocycles. The Morgan fingerprint density at radius 1 is 1.22 bits per heavy atom. The summed E-state index contributed by atoms with van der Waals surface area (Å²) in [5.41, 5.74) is 1.92. The number of anilines is 1. The molecule has 0 aromatic heterocycles. The molecule has 2 amide bonds. The van der Waals surface area contributed by atoms with Crippen LogP contribution in [0, 0.1) is 5.92 Å². The highest BCUT2D eigenvalue weighted by Crippen LogP contribution is 2.32. The molecule has 3 rings (SSSR count). The van der Waals surface area contributed by atoms with Gasteiger partial charge < -0.3 is 10.1 Å². The van der Waals surface area contributed by atoms with E-state index in [4.69, 9.17) is 4.74 Å². The molecule has 1 fully saturated rings. The van der Waals surface area contributed by atoms with Gasteiger partial charge in [0.15, 0.2) is 0 Å². The van der Waals surface area contributed by atoms with Crippen molar-refractivity contribution >= 4 is 17.5 Å². The predicted molar refractivity (Wildman–Crippen MR) is 107 cm³/mol. The molecule has 3 atom stereocenters. The molecule has 1 aromatic rings. The lowest BCUT2D eigenvalue weighted by Crippen LogP contribution is -2.54. The van der Waals surface area contributed by atoms with E-state index in [0.29, 0.717) is 12.3 Å². The van der Waals surface area contributed by atoms with Gasteiger partial charge in [-0.25, -0.2) is 0 Å². The second-order valence-corrected chi connectivity index (χ2v) is 8.23. The Morgan fingerprint density at radius 2 is 1.96 bits per heavy atom. The van der Waals surface area contributed by atoms with Gasteiger partial charge >= 0.3 is 0 Å². The quantitative estimate of drug-likeness (QED) is 0.832. The molecular formula is C22H32N2O3. The van der Waals surface area contributed by atoms with Crippen molar-refractivity contribution in [3.05, 3.63) is 29.8 Å². The Balaban J connectivity index is 1.65. The monoisotopic (exact) mass is 372 g/mol. The van der Waals surface area contributed by atoms with Crippen LogP contribution in [0.25, 0.3) is 0 Å².